The first kappa shape index (κ1) is 28.6. The van der Waals surface area contributed by atoms with Crippen LogP contribution in [0.1, 0.15) is 73.8 Å². The maximum atomic E-state index is 14.3. The summed E-state index contributed by atoms with van der Waals surface area (Å²) in [7, 11) is 0. The highest BCUT2D eigenvalue weighted by Gasteiger charge is 2.46. The van der Waals surface area contributed by atoms with Gasteiger partial charge in [-0.1, -0.05) is 86.7 Å². The Bertz CT molecular complexity index is 2040. The first-order chi connectivity index (χ1) is 22.5. The summed E-state index contributed by atoms with van der Waals surface area (Å²) in [5.74, 6) is 0.584. The molecule has 5 aromatic rings. The van der Waals surface area contributed by atoms with Crippen LogP contribution in [0.25, 0.3) is 32.8 Å². The Morgan fingerprint density at radius 1 is 0.826 bits per heavy atom. The van der Waals surface area contributed by atoms with Gasteiger partial charge in [0.25, 0.3) is 0 Å². The summed E-state index contributed by atoms with van der Waals surface area (Å²) < 4.78 is 21.7. The zero-order valence-corrected chi connectivity index (χ0v) is 26.4. The van der Waals surface area contributed by atoms with Crippen molar-refractivity contribution in [3.8, 4) is 16.9 Å². The Morgan fingerprint density at radius 2 is 1.50 bits per heavy atom. The van der Waals surface area contributed by atoms with Gasteiger partial charge >= 0.3 is 0 Å². The molecule has 1 aliphatic carbocycles. The van der Waals surface area contributed by atoms with Gasteiger partial charge < -0.3 is 9.64 Å². The van der Waals surface area contributed by atoms with E-state index in [2.05, 4.69) is 96.4 Å². The topological polar surface area (TPSA) is 16.8 Å². The van der Waals surface area contributed by atoms with Crippen LogP contribution in [-0.2, 0) is 11.0 Å². The van der Waals surface area contributed by atoms with E-state index in [9.17, 15) is 4.39 Å². The molecule has 0 amide bonds. The molecule has 0 bridgehead atoms. The Kier molecular flexibility index (Phi) is 6.76. The van der Waals surface area contributed by atoms with E-state index in [0.717, 1.165) is 59.1 Å². The monoisotopic (exact) mass is 604 g/mol. The molecule has 8 rings (SSSR count). The van der Waals surface area contributed by atoms with Crippen LogP contribution in [0, 0.1) is 12.4 Å². The zero-order chi connectivity index (χ0) is 31.5. The molecule has 1 fully saturated rings. The van der Waals surface area contributed by atoms with Gasteiger partial charge in [-0.15, -0.1) is 0 Å². The smallest absolute Gasteiger partial charge is 0.187 e. The van der Waals surface area contributed by atoms with E-state index in [1.807, 2.05) is 18.2 Å². The number of piperidine rings is 1. The molecule has 2 heterocycles. The molecule has 0 aromatic heterocycles. The molecule has 1 unspecified atom stereocenters. The van der Waals surface area contributed by atoms with Crippen LogP contribution in [0.3, 0.4) is 0 Å². The first-order valence-corrected chi connectivity index (χ1v) is 16.6. The molecule has 0 radical (unpaired) electrons. The third-order valence-electron chi connectivity index (χ3n) is 10.8. The van der Waals surface area contributed by atoms with Crippen molar-refractivity contribution in [1.29, 1.82) is 0 Å². The van der Waals surface area contributed by atoms with Crippen LogP contribution in [0.2, 0.25) is 0 Å². The standard InChI is InChI=1S/C42H37FN2O/c1-4-41(5-2)37-27-31(44-3)19-22-35(37)38-33-11-7-8-12-34(33)40-36(39(38)41)23-24-42(46-40,28-13-17-30(43)18-14-28)29-15-20-32(21-16-29)45-25-9-6-10-26-45/h7-8,11-24,27H,4-6,9-10,25-26H2,1-2H3. The maximum absolute atomic E-state index is 14.3. The van der Waals surface area contributed by atoms with Crippen LogP contribution in [0.5, 0.6) is 5.75 Å². The van der Waals surface area contributed by atoms with Crippen molar-refractivity contribution in [3.05, 3.63) is 142 Å². The predicted octanol–water partition coefficient (Wildman–Crippen LogP) is 11.0. The highest BCUT2D eigenvalue weighted by Crippen LogP contribution is 2.60. The lowest BCUT2D eigenvalue weighted by Gasteiger charge is -2.39. The van der Waals surface area contributed by atoms with Crippen molar-refractivity contribution in [2.75, 3.05) is 18.0 Å². The van der Waals surface area contributed by atoms with Crippen LogP contribution in [-0.4, -0.2) is 13.1 Å². The fourth-order valence-electron chi connectivity index (χ4n) is 8.45. The van der Waals surface area contributed by atoms with E-state index in [0.29, 0.717) is 5.69 Å². The summed E-state index contributed by atoms with van der Waals surface area (Å²) in [6.45, 7) is 14.4. The van der Waals surface area contributed by atoms with Crippen molar-refractivity contribution >= 4 is 28.2 Å². The van der Waals surface area contributed by atoms with Crippen molar-refractivity contribution in [1.82, 2.24) is 0 Å². The molecule has 3 nitrogen and oxygen atoms in total. The second kappa shape index (κ2) is 10.9. The zero-order valence-electron chi connectivity index (χ0n) is 26.4. The number of hydrogen-bond donors (Lipinski definition) is 0. The molecule has 46 heavy (non-hydrogen) atoms. The minimum absolute atomic E-state index is 0.251. The number of anilines is 1. The molecular formula is C42H37FN2O. The third kappa shape index (κ3) is 4.07. The van der Waals surface area contributed by atoms with Gasteiger partial charge in [-0.05, 0) is 90.1 Å². The summed E-state index contributed by atoms with van der Waals surface area (Å²) in [5, 5.41) is 2.21. The maximum Gasteiger partial charge on any atom is 0.187 e. The Balaban J connectivity index is 1.37. The van der Waals surface area contributed by atoms with E-state index < -0.39 is 5.60 Å². The molecular weight excluding hydrogens is 567 g/mol. The van der Waals surface area contributed by atoms with Crippen molar-refractivity contribution in [2.45, 2.75) is 57.0 Å². The van der Waals surface area contributed by atoms with E-state index in [1.54, 1.807) is 0 Å². The number of hydrogen-bond acceptors (Lipinski definition) is 2. The minimum atomic E-state index is -0.943. The Morgan fingerprint density at radius 3 is 2.17 bits per heavy atom. The van der Waals surface area contributed by atoms with E-state index in [4.69, 9.17) is 11.3 Å². The van der Waals surface area contributed by atoms with Gasteiger partial charge in [0, 0.05) is 46.3 Å². The van der Waals surface area contributed by atoms with E-state index >= 15 is 0 Å². The fourth-order valence-corrected chi connectivity index (χ4v) is 8.45. The summed E-state index contributed by atoms with van der Waals surface area (Å²) in [4.78, 5) is 6.27. The highest BCUT2D eigenvalue weighted by molar-refractivity contribution is 6.08. The number of rotatable bonds is 5. The molecule has 1 atom stereocenters. The van der Waals surface area contributed by atoms with Gasteiger partial charge in [0.05, 0.1) is 6.57 Å². The van der Waals surface area contributed by atoms with Gasteiger partial charge in [-0.3, -0.25) is 0 Å². The van der Waals surface area contributed by atoms with Crippen LogP contribution < -0.4 is 9.64 Å². The third-order valence-corrected chi connectivity index (χ3v) is 10.8. The van der Waals surface area contributed by atoms with Crippen molar-refractivity contribution in [2.24, 2.45) is 0 Å². The number of fused-ring (bicyclic) bond motifs is 8. The second-order valence-corrected chi connectivity index (χ2v) is 12.9. The van der Waals surface area contributed by atoms with Crippen LogP contribution in [0.4, 0.5) is 15.8 Å². The minimum Gasteiger partial charge on any atom is -0.472 e. The summed E-state index contributed by atoms with van der Waals surface area (Å²) in [6.07, 6.45) is 9.99. The molecule has 0 N–H and O–H groups in total. The SMILES string of the molecule is [C-]#[N+]c1ccc2c(c1)C(CC)(CC)c1c3c(c4ccccc4c1-2)OC(c1ccc(F)cc1)(c1ccc(N2CCCCC2)cc1)C=C3. The first-order valence-electron chi connectivity index (χ1n) is 16.6. The predicted molar refractivity (Wildman–Crippen MR) is 186 cm³/mol. The normalized spacial score (nSPS) is 19.2. The average molecular weight is 605 g/mol. The molecule has 228 valence electrons. The molecule has 1 saturated heterocycles. The molecule has 4 heteroatoms. The fraction of sp³-hybridized carbons (Fsp3) is 0.262. The van der Waals surface area contributed by atoms with E-state index in [1.165, 1.54) is 59.3 Å². The highest BCUT2D eigenvalue weighted by atomic mass is 19.1. The van der Waals surface area contributed by atoms with Gasteiger partial charge in [-0.25, -0.2) is 9.24 Å². The van der Waals surface area contributed by atoms with Gasteiger partial charge in [0.2, 0.25) is 0 Å². The average Bonchev–Trinajstić information content (AvgIpc) is 3.42. The van der Waals surface area contributed by atoms with Crippen LogP contribution in [0.15, 0.2) is 97.1 Å². The number of nitrogens with zero attached hydrogens (tertiary/aromatic N) is 2. The largest absolute Gasteiger partial charge is 0.472 e. The summed E-state index contributed by atoms with van der Waals surface area (Å²) in [5.41, 5.74) is 8.67. The molecule has 3 aliphatic rings. The molecule has 5 aromatic carbocycles. The van der Waals surface area contributed by atoms with Crippen LogP contribution >= 0.6 is 0 Å². The lowest BCUT2D eigenvalue weighted by molar-refractivity contribution is 0.163. The summed E-state index contributed by atoms with van der Waals surface area (Å²) >= 11 is 0. The lowest BCUT2D eigenvalue weighted by atomic mass is 9.71. The molecule has 0 spiro atoms. The van der Waals surface area contributed by atoms with E-state index in [-0.39, 0.29) is 11.2 Å². The Hall–Kier alpha value is -4.88. The van der Waals surface area contributed by atoms with Gasteiger partial charge in [0.1, 0.15) is 11.6 Å². The van der Waals surface area contributed by atoms with Gasteiger partial charge in [-0.2, -0.15) is 0 Å². The molecule has 0 saturated carbocycles. The second-order valence-electron chi connectivity index (χ2n) is 12.9. The van der Waals surface area contributed by atoms with Crippen molar-refractivity contribution in [3.63, 3.8) is 0 Å². The molecule has 2 aliphatic heterocycles. The quantitative estimate of drug-likeness (QED) is 0.186. The number of benzene rings is 5. The van der Waals surface area contributed by atoms with Gasteiger partial charge in [0.15, 0.2) is 11.3 Å². The Labute approximate surface area is 270 Å². The number of halogens is 1. The lowest BCUT2D eigenvalue weighted by Crippen LogP contribution is -2.35. The summed E-state index contributed by atoms with van der Waals surface area (Å²) in [6, 6.07) is 30.3. The number of ether oxygens (including phenoxy) is 1. The van der Waals surface area contributed by atoms with Crippen molar-refractivity contribution < 1.29 is 9.13 Å².